The van der Waals surface area contributed by atoms with Gasteiger partial charge < -0.3 is 10.4 Å². The first kappa shape index (κ1) is 13.5. The fourth-order valence-electron chi connectivity index (χ4n) is 2.58. The maximum absolute atomic E-state index is 11.7. The number of aliphatic carboxylic acids is 1. The predicted octanol–water partition coefficient (Wildman–Crippen LogP) is 1.24. The zero-order valence-electron chi connectivity index (χ0n) is 10.7. The second kappa shape index (κ2) is 6.31. The number of hydrogen-bond acceptors (Lipinski definition) is 3. The molecule has 0 spiro atoms. The molecule has 1 aliphatic carbocycles. The monoisotopic (exact) mass is 262 g/mol. The van der Waals surface area contributed by atoms with Crippen molar-refractivity contribution in [2.75, 3.05) is 6.54 Å². The molecule has 1 aliphatic rings. The van der Waals surface area contributed by atoms with E-state index >= 15 is 0 Å². The van der Waals surface area contributed by atoms with Gasteiger partial charge in [0.15, 0.2) is 0 Å². The van der Waals surface area contributed by atoms with E-state index in [1.807, 2.05) is 6.07 Å². The third-order valence-electron chi connectivity index (χ3n) is 3.61. The lowest BCUT2D eigenvalue weighted by Crippen LogP contribution is -2.33. The molecule has 1 amide bonds. The third-order valence-corrected chi connectivity index (χ3v) is 3.61. The molecule has 2 unspecified atom stereocenters. The number of carbonyl (C=O) groups is 2. The van der Waals surface area contributed by atoms with Crippen molar-refractivity contribution in [2.45, 2.75) is 25.7 Å². The molecule has 0 bridgehead atoms. The van der Waals surface area contributed by atoms with Crippen molar-refractivity contribution in [2.24, 2.45) is 11.8 Å². The molecule has 0 radical (unpaired) electrons. The molecule has 1 aromatic heterocycles. The highest BCUT2D eigenvalue weighted by Gasteiger charge is 2.32. The maximum Gasteiger partial charge on any atom is 0.306 e. The number of hydrogen-bond donors (Lipinski definition) is 2. The number of amides is 1. The van der Waals surface area contributed by atoms with E-state index in [1.54, 1.807) is 18.3 Å². The molecule has 1 fully saturated rings. The molecule has 0 aliphatic heterocycles. The number of aromatic nitrogens is 1. The molecule has 0 aromatic carbocycles. The Hall–Kier alpha value is -1.91. The van der Waals surface area contributed by atoms with E-state index in [4.69, 9.17) is 5.11 Å². The summed E-state index contributed by atoms with van der Waals surface area (Å²) in [5.74, 6) is -1.10. The molecule has 5 nitrogen and oxygen atoms in total. The Morgan fingerprint density at radius 2 is 2.21 bits per heavy atom. The maximum atomic E-state index is 11.7. The van der Waals surface area contributed by atoms with Crippen molar-refractivity contribution in [1.29, 1.82) is 0 Å². The largest absolute Gasteiger partial charge is 0.481 e. The smallest absolute Gasteiger partial charge is 0.306 e. The number of carbonyl (C=O) groups excluding carboxylic acids is 1. The van der Waals surface area contributed by atoms with Gasteiger partial charge in [-0.05, 0) is 30.9 Å². The van der Waals surface area contributed by atoms with Crippen LogP contribution in [0, 0.1) is 11.8 Å². The molecule has 1 heterocycles. The van der Waals surface area contributed by atoms with Crippen LogP contribution in [0.15, 0.2) is 24.4 Å². The van der Waals surface area contributed by atoms with Crippen LogP contribution in [0.1, 0.15) is 25.0 Å². The number of carboxylic acids is 1. The molecule has 1 saturated carbocycles. The molecule has 0 saturated heterocycles. The minimum Gasteiger partial charge on any atom is -0.481 e. The zero-order chi connectivity index (χ0) is 13.7. The van der Waals surface area contributed by atoms with E-state index in [0.717, 1.165) is 25.0 Å². The summed E-state index contributed by atoms with van der Waals surface area (Å²) in [4.78, 5) is 26.9. The van der Waals surface area contributed by atoms with E-state index in [2.05, 4.69) is 10.3 Å². The summed E-state index contributed by atoms with van der Waals surface area (Å²) >= 11 is 0. The molecular weight excluding hydrogens is 244 g/mol. The van der Waals surface area contributed by atoms with E-state index in [0.29, 0.717) is 6.54 Å². The van der Waals surface area contributed by atoms with Gasteiger partial charge in [0, 0.05) is 18.4 Å². The summed E-state index contributed by atoms with van der Waals surface area (Å²) in [5, 5.41) is 11.9. The Morgan fingerprint density at radius 3 is 2.89 bits per heavy atom. The van der Waals surface area contributed by atoms with Gasteiger partial charge in [0.05, 0.1) is 12.3 Å². The van der Waals surface area contributed by atoms with Gasteiger partial charge in [0.25, 0.3) is 0 Å². The van der Waals surface area contributed by atoms with Crippen LogP contribution in [0.2, 0.25) is 0 Å². The van der Waals surface area contributed by atoms with Crippen LogP contribution in [0.4, 0.5) is 0 Å². The standard InChI is InChI=1S/C14H18N2O3/c17-13(8-11-5-1-2-7-15-11)16-9-10-4-3-6-12(10)14(18)19/h1-2,5,7,10,12H,3-4,6,8-9H2,(H,16,17)(H,18,19). The van der Waals surface area contributed by atoms with Crippen molar-refractivity contribution in [3.8, 4) is 0 Å². The molecular formula is C14H18N2O3. The summed E-state index contributed by atoms with van der Waals surface area (Å²) in [7, 11) is 0. The molecule has 1 aromatic rings. The van der Waals surface area contributed by atoms with Gasteiger partial charge in [-0.3, -0.25) is 14.6 Å². The van der Waals surface area contributed by atoms with Crippen LogP contribution in [-0.2, 0) is 16.0 Å². The summed E-state index contributed by atoms with van der Waals surface area (Å²) in [6, 6.07) is 5.44. The minimum atomic E-state index is -0.749. The van der Waals surface area contributed by atoms with Crippen LogP contribution in [-0.4, -0.2) is 28.5 Å². The van der Waals surface area contributed by atoms with Crippen molar-refractivity contribution in [3.63, 3.8) is 0 Å². The first-order valence-corrected chi connectivity index (χ1v) is 6.56. The zero-order valence-corrected chi connectivity index (χ0v) is 10.7. The molecule has 102 valence electrons. The van der Waals surface area contributed by atoms with Gasteiger partial charge in [0.1, 0.15) is 0 Å². The lowest BCUT2D eigenvalue weighted by Gasteiger charge is -2.16. The first-order valence-electron chi connectivity index (χ1n) is 6.56. The molecule has 2 atom stereocenters. The topological polar surface area (TPSA) is 79.3 Å². The Labute approximate surface area is 112 Å². The van der Waals surface area contributed by atoms with E-state index in [-0.39, 0.29) is 24.2 Å². The summed E-state index contributed by atoms with van der Waals surface area (Å²) in [6.45, 7) is 0.447. The van der Waals surface area contributed by atoms with Gasteiger partial charge in [-0.25, -0.2) is 0 Å². The van der Waals surface area contributed by atoms with Gasteiger partial charge in [-0.1, -0.05) is 12.5 Å². The number of nitrogens with zero attached hydrogens (tertiary/aromatic N) is 1. The number of rotatable bonds is 5. The number of carboxylic acid groups (broad SMARTS) is 1. The fraction of sp³-hybridized carbons (Fsp3) is 0.500. The Kier molecular flexibility index (Phi) is 4.49. The quantitative estimate of drug-likeness (QED) is 0.836. The lowest BCUT2D eigenvalue weighted by molar-refractivity contribution is -0.143. The van der Waals surface area contributed by atoms with E-state index in [9.17, 15) is 9.59 Å². The molecule has 19 heavy (non-hydrogen) atoms. The predicted molar refractivity (Wildman–Crippen MR) is 69.4 cm³/mol. The fourth-order valence-corrected chi connectivity index (χ4v) is 2.58. The van der Waals surface area contributed by atoms with Crippen LogP contribution in [0.3, 0.4) is 0 Å². The highest BCUT2D eigenvalue weighted by molar-refractivity contribution is 5.78. The third kappa shape index (κ3) is 3.77. The van der Waals surface area contributed by atoms with E-state index < -0.39 is 5.97 Å². The van der Waals surface area contributed by atoms with Gasteiger partial charge in [-0.15, -0.1) is 0 Å². The van der Waals surface area contributed by atoms with Crippen LogP contribution in [0.25, 0.3) is 0 Å². The Morgan fingerprint density at radius 1 is 1.37 bits per heavy atom. The minimum absolute atomic E-state index is 0.0604. The molecule has 5 heteroatoms. The normalized spacial score (nSPS) is 22.1. The van der Waals surface area contributed by atoms with Gasteiger partial charge in [0.2, 0.25) is 5.91 Å². The van der Waals surface area contributed by atoms with Crippen molar-refractivity contribution < 1.29 is 14.7 Å². The average molecular weight is 262 g/mol. The summed E-state index contributed by atoms with van der Waals surface area (Å²) in [5.41, 5.74) is 0.723. The second-order valence-corrected chi connectivity index (χ2v) is 4.94. The van der Waals surface area contributed by atoms with Crippen molar-refractivity contribution in [1.82, 2.24) is 10.3 Å². The SMILES string of the molecule is O=C(Cc1ccccn1)NCC1CCCC1C(=O)O. The van der Waals surface area contributed by atoms with Crippen LogP contribution >= 0.6 is 0 Å². The average Bonchev–Trinajstić information content (AvgIpc) is 2.86. The Balaban J connectivity index is 1.79. The summed E-state index contributed by atoms with van der Waals surface area (Å²) < 4.78 is 0. The lowest BCUT2D eigenvalue weighted by atomic mass is 9.96. The highest BCUT2D eigenvalue weighted by Crippen LogP contribution is 2.31. The van der Waals surface area contributed by atoms with Crippen molar-refractivity contribution in [3.05, 3.63) is 30.1 Å². The second-order valence-electron chi connectivity index (χ2n) is 4.94. The van der Waals surface area contributed by atoms with Crippen LogP contribution < -0.4 is 5.32 Å². The highest BCUT2D eigenvalue weighted by atomic mass is 16.4. The number of pyridine rings is 1. The molecule has 2 rings (SSSR count). The van der Waals surface area contributed by atoms with E-state index in [1.165, 1.54) is 0 Å². The van der Waals surface area contributed by atoms with Gasteiger partial charge >= 0.3 is 5.97 Å². The summed E-state index contributed by atoms with van der Waals surface area (Å²) in [6.07, 6.45) is 4.42. The number of nitrogens with one attached hydrogen (secondary N) is 1. The molecule has 2 N–H and O–H groups in total. The van der Waals surface area contributed by atoms with Crippen LogP contribution in [0.5, 0.6) is 0 Å². The Bertz CT molecular complexity index is 447. The van der Waals surface area contributed by atoms with Crippen molar-refractivity contribution >= 4 is 11.9 Å². The first-order chi connectivity index (χ1) is 9.16. The van der Waals surface area contributed by atoms with Gasteiger partial charge in [-0.2, -0.15) is 0 Å².